The Balaban J connectivity index is 1.89. The van der Waals surface area contributed by atoms with Crippen LogP contribution in [0, 0.1) is 0 Å². The minimum atomic E-state index is -3.93. The van der Waals surface area contributed by atoms with E-state index in [-0.39, 0.29) is 27.4 Å². The highest BCUT2D eigenvalue weighted by Gasteiger charge is 2.17. The third-order valence-corrected chi connectivity index (χ3v) is 4.48. The molecule has 0 fully saturated rings. The molecule has 0 spiro atoms. The van der Waals surface area contributed by atoms with Crippen LogP contribution in [0.25, 0.3) is 11.1 Å². The number of aromatic nitrogens is 2. The molecule has 0 unspecified atom stereocenters. The molecule has 9 nitrogen and oxygen atoms in total. The molecule has 2 heterocycles. The van der Waals surface area contributed by atoms with Gasteiger partial charge in [0.2, 0.25) is 0 Å². The van der Waals surface area contributed by atoms with Gasteiger partial charge in [0.1, 0.15) is 5.82 Å². The molecule has 2 N–H and O–H groups in total. The van der Waals surface area contributed by atoms with Crippen molar-refractivity contribution in [1.29, 1.82) is 0 Å². The van der Waals surface area contributed by atoms with Crippen molar-refractivity contribution in [3.63, 3.8) is 0 Å². The number of H-pyrrole nitrogens is 1. The maximum atomic E-state index is 12.4. The van der Waals surface area contributed by atoms with Gasteiger partial charge in [-0.2, -0.15) is 0 Å². The molecule has 0 aliphatic rings. The molecule has 10 heteroatoms. The molecule has 24 heavy (non-hydrogen) atoms. The van der Waals surface area contributed by atoms with Crippen LogP contribution in [0.15, 0.2) is 50.6 Å². The summed E-state index contributed by atoms with van der Waals surface area (Å²) in [5.74, 6) is -1.22. The highest BCUT2D eigenvalue weighted by Crippen LogP contribution is 2.19. The Hall–Kier alpha value is -3.14. The fourth-order valence-electron chi connectivity index (χ4n) is 1.99. The Kier molecular flexibility index (Phi) is 3.81. The summed E-state index contributed by atoms with van der Waals surface area (Å²) < 4.78 is 36.4. The number of pyridine rings is 1. The number of oxazole rings is 1. The molecule has 0 radical (unpaired) electrons. The number of benzene rings is 1. The topological polar surface area (TPSA) is 131 Å². The quantitative estimate of drug-likeness (QED) is 0.674. The van der Waals surface area contributed by atoms with Crippen LogP contribution in [0.3, 0.4) is 0 Å². The minimum absolute atomic E-state index is 0.0310. The average Bonchev–Trinajstić information content (AvgIpc) is 2.93. The van der Waals surface area contributed by atoms with Crippen molar-refractivity contribution in [3.05, 3.63) is 52.6 Å². The number of fused-ring (bicyclic) bond motifs is 1. The lowest BCUT2D eigenvalue weighted by molar-refractivity contribution is 0.0600. The van der Waals surface area contributed by atoms with Crippen LogP contribution >= 0.6 is 0 Å². The van der Waals surface area contributed by atoms with Gasteiger partial charge < -0.3 is 9.15 Å². The first-order valence-electron chi connectivity index (χ1n) is 6.59. The van der Waals surface area contributed by atoms with E-state index in [1.165, 1.54) is 43.6 Å². The predicted molar refractivity (Wildman–Crippen MR) is 83.2 cm³/mol. The largest absolute Gasteiger partial charge is 0.465 e. The van der Waals surface area contributed by atoms with E-state index in [9.17, 15) is 18.0 Å². The predicted octanol–water partition coefficient (Wildman–Crippen LogP) is 1.10. The van der Waals surface area contributed by atoms with E-state index >= 15 is 0 Å². The number of hydrogen-bond acceptors (Lipinski definition) is 7. The van der Waals surface area contributed by atoms with Gasteiger partial charge in [0.25, 0.3) is 10.0 Å². The third kappa shape index (κ3) is 2.99. The Bertz CT molecular complexity index is 1070. The van der Waals surface area contributed by atoms with Gasteiger partial charge in [-0.25, -0.2) is 23.0 Å². The van der Waals surface area contributed by atoms with Crippen LogP contribution in [0.4, 0.5) is 5.82 Å². The first kappa shape index (κ1) is 15.7. The molecule has 3 aromatic rings. The van der Waals surface area contributed by atoms with Crippen LogP contribution in [-0.4, -0.2) is 31.5 Å². The van der Waals surface area contributed by atoms with E-state index < -0.39 is 21.7 Å². The van der Waals surface area contributed by atoms with Crippen molar-refractivity contribution >= 4 is 32.9 Å². The summed E-state index contributed by atoms with van der Waals surface area (Å²) in [6, 6.07) is 6.65. The van der Waals surface area contributed by atoms with Crippen LogP contribution in [0.2, 0.25) is 0 Å². The SMILES string of the molecule is COC(=O)c1ccc(NS(=O)(=O)c2ccc3oc(=O)[nH]c3c2)nc1. The minimum Gasteiger partial charge on any atom is -0.465 e. The van der Waals surface area contributed by atoms with Gasteiger partial charge >= 0.3 is 11.7 Å². The normalized spacial score (nSPS) is 11.4. The van der Waals surface area contributed by atoms with Crippen molar-refractivity contribution in [2.24, 2.45) is 0 Å². The number of hydrogen-bond donors (Lipinski definition) is 2. The molecule has 3 rings (SSSR count). The number of nitrogens with zero attached hydrogens (tertiary/aromatic N) is 1. The second-order valence-electron chi connectivity index (χ2n) is 4.70. The number of anilines is 1. The Morgan fingerprint density at radius 1 is 1.29 bits per heavy atom. The summed E-state index contributed by atoms with van der Waals surface area (Å²) in [4.78, 5) is 28.6. The van der Waals surface area contributed by atoms with Crippen LogP contribution in [0.1, 0.15) is 10.4 Å². The molecule has 1 aromatic carbocycles. The highest BCUT2D eigenvalue weighted by atomic mass is 32.2. The number of aromatic amines is 1. The zero-order valence-electron chi connectivity index (χ0n) is 12.3. The van der Waals surface area contributed by atoms with Gasteiger partial charge in [-0.3, -0.25) is 9.71 Å². The molecule has 2 aromatic heterocycles. The average molecular weight is 349 g/mol. The Morgan fingerprint density at radius 2 is 2.08 bits per heavy atom. The molecule has 0 atom stereocenters. The Morgan fingerprint density at radius 3 is 2.75 bits per heavy atom. The monoisotopic (exact) mass is 349 g/mol. The van der Waals surface area contributed by atoms with Crippen molar-refractivity contribution in [2.75, 3.05) is 11.8 Å². The first-order chi connectivity index (χ1) is 11.4. The van der Waals surface area contributed by atoms with Gasteiger partial charge in [0, 0.05) is 6.20 Å². The number of nitrogens with one attached hydrogen (secondary N) is 2. The number of rotatable bonds is 4. The highest BCUT2D eigenvalue weighted by molar-refractivity contribution is 7.92. The maximum absolute atomic E-state index is 12.4. The van der Waals surface area contributed by atoms with Crippen molar-refractivity contribution in [3.8, 4) is 0 Å². The van der Waals surface area contributed by atoms with Crippen molar-refractivity contribution in [1.82, 2.24) is 9.97 Å². The standard InChI is InChI=1S/C14H11N3O6S/c1-22-13(18)8-2-5-12(15-7-8)17-24(20,21)9-3-4-11-10(6-9)16-14(19)23-11/h2-7H,1H3,(H,15,17)(H,16,19). The molecule has 0 bridgehead atoms. The van der Waals surface area contributed by atoms with Gasteiger partial charge in [0.15, 0.2) is 5.58 Å². The summed E-state index contributed by atoms with van der Waals surface area (Å²) in [6.45, 7) is 0. The number of ether oxygens (including phenoxy) is 1. The molecule has 0 saturated heterocycles. The third-order valence-electron chi connectivity index (χ3n) is 3.12. The fourth-order valence-corrected chi connectivity index (χ4v) is 3.02. The number of carbonyl (C=O) groups is 1. The lowest BCUT2D eigenvalue weighted by atomic mass is 10.3. The first-order valence-corrected chi connectivity index (χ1v) is 8.07. The summed E-state index contributed by atoms with van der Waals surface area (Å²) >= 11 is 0. The molecule has 0 aliphatic heterocycles. The lowest BCUT2D eigenvalue weighted by Gasteiger charge is -2.07. The smallest absolute Gasteiger partial charge is 0.417 e. The van der Waals surface area contributed by atoms with E-state index in [4.69, 9.17) is 4.42 Å². The van der Waals surface area contributed by atoms with Crippen LogP contribution in [0.5, 0.6) is 0 Å². The van der Waals surface area contributed by atoms with Gasteiger partial charge in [0.05, 0.1) is 23.1 Å². The molecular weight excluding hydrogens is 338 g/mol. The van der Waals surface area contributed by atoms with E-state index in [0.717, 1.165) is 0 Å². The summed E-state index contributed by atoms with van der Waals surface area (Å²) in [5.41, 5.74) is 0.703. The second kappa shape index (κ2) is 5.81. The van der Waals surface area contributed by atoms with E-state index in [0.29, 0.717) is 0 Å². The zero-order chi connectivity index (χ0) is 17.3. The van der Waals surface area contributed by atoms with Gasteiger partial charge in [-0.05, 0) is 30.3 Å². The Labute approximate surface area is 135 Å². The van der Waals surface area contributed by atoms with Crippen LogP contribution < -0.4 is 10.5 Å². The number of esters is 1. The molecule has 0 saturated carbocycles. The summed E-state index contributed by atoms with van der Waals surface area (Å²) in [6.07, 6.45) is 1.19. The van der Waals surface area contributed by atoms with Gasteiger partial charge in [-0.1, -0.05) is 0 Å². The second-order valence-corrected chi connectivity index (χ2v) is 6.38. The molecular formula is C14H11N3O6S. The van der Waals surface area contributed by atoms with Crippen LogP contribution in [-0.2, 0) is 14.8 Å². The molecule has 0 amide bonds. The molecule has 0 aliphatic carbocycles. The fraction of sp³-hybridized carbons (Fsp3) is 0.0714. The van der Waals surface area contributed by atoms with E-state index in [1.54, 1.807) is 0 Å². The van der Waals surface area contributed by atoms with E-state index in [2.05, 4.69) is 19.4 Å². The number of sulfonamides is 1. The van der Waals surface area contributed by atoms with E-state index in [1.807, 2.05) is 0 Å². The summed E-state index contributed by atoms with van der Waals surface area (Å²) in [7, 11) is -2.70. The number of methoxy groups -OCH3 is 1. The molecule has 124 valence electrons. The zero-order valence-corrected chi connectivity index (χ0v) is 13.1. The summed E-state index contributed by atoms with van der Waals surface area (Å²) in [5, 5.41) is 0. The van der Waals surface area contributed by atoms with Crippen molar-refractivity contribution in [2.45, 2.75) is 4.90 Å². The number of carbonyl (C=O) groups excluding carboxylic acids is 1. The maximum Gasteiger partial charge on any atom is 0.417 e. The van der Waals surface area contributed by atoms with Crippen molar-refractivity contribution < 1.29 is 22.4 Å². The van der Waals surface area contributed by atoms with Gasteiger partial charge in [-0.15, -0.1) is 0 Å². The lowest BCUT2D eigenvalue weighted by Crippen LogP contribution is -2.14.